The normalized spacial score (nSPS) is 26.6. The lowest BCUT2D eigenvalue weighted by Crippen LogP contribution is -2.65. The van der Waals surface area contributed by atoms with Crippen LogP contribution in [0.2, 0.25) is 0 Å². The van der Waals surface area contributed by atoms with Crippen LogP contribution >= 0.6 is 0 Å². The van der Waals surface area contributed by atoms with E-state index in [0.717, 1.165) is 6.42 Å². The Morgan fingerprint density at radius 1 is 1.29 bits per heavy atom. The molecule has 3 aliphatic rings. The number of hydrogen-bond donors (Lipinski definition) is 4. The molecule has 1 amide bonds. The molecule has 0 radical (unpaired) electrons. The van der Waals surface area contributed by atoms with Crippen molar-refractivity contribution in [3.05, 3.63) is 39.7 Å². The Morgan fingerprint density at radius 2 is 1.97 bits per heavy atom. The summed E-state index contributed by atoms with van der Waals surface area (Å²) in [6, 6.07) is 0.368. The number of carbonyl (C=O) groups is 4. The molecule has 204 valence electrons. The number of rotatable bonds is 8. The second-order valence-electron chi connectivity index (χ2n) is 10.1. The van der Waals surface area contributed by atoms with E-state index in [2.05, 4.69) is 0 Å². The number of benzene rings is 1. The van der Waals surface area contributed by atoms with E-state index >= 15 is 0 Å². The quantitative estimate of drug-likeness (QED) is 0.218. The summed E-state index contributed by atoms with van der Waals surface area (Å²) in [4.78, 5) is 52.6. The maximum Gasteiger partial charge on any atom is 0.255 e. The molecule has 1 fully saturated rings. The molecule has 11 heteroatoms. The molecule has 1 aromatic carbocycles. The number of aliphatic hydroxyl groups excluding tert-OH is 2. The van der Waals surface area contributed by atoms with Crippen molar-refractivity contribution in [1.29, 1.82) is 0 Å². The lowest BCUT2D eigenvalue weighted by molar-refractivity contribution is -0.153. The Labute approximate surface area is 219 Å². The summed E-state index contributed by atoms with van der Waals surface area (Å²) in [7, 11) is 4.52. The van der Waals surface area contributed by atoms with Crippen LogP contribution in [-0.2, 0) is 20.8 Å². The van der Waals surface area contributed by atoms with Gasteiger partial charge >= 0.3 is 0 Å². The minimum Gasteiger partial charge on any atom is -0.508 e. The monoisotopic (exact) mass is 528 g/mol. The number of hydrogen-bond acceptors (Lipinski definition) is 10. The molecule has 0 saturated heterocycles. The van der Waals surface area contributed by atoms with Crippen molar-refractivity contribution >= 4 is 29.5 Å². The number of carbonyl (C=O) groups excluding carboxylic acids is 4. The number of fused-ring (bicyclic) bond motifs is 3. The second kappa shape index (κ2) is 9.88. The first-order valence-electron chi connectivity index (χ1n) is 12.4. The van der Waals surface area contributed by atoms with Gasteiger partial charge in [0.05, 0.1) is 30.9 Å². The third-order valence-corrected chi connectivity index (χ3v) is 7.78. The average molecular weight is 529 g/mol. The van der Waals surface area contributed by atoms with Crippen molar-refractivity contribution in [2.75, 3.05) is 27.8 Å². The van der Waals surface area contributed by atoms with Crippen LogP contribution in [-0.4, -0.2) is 83.4 Å². The van der Waals surface area contributed by atoms with E-state index in [1.54, 1.807) is 14.1 Å². The Morgan fingerprint density at radius 3 is 2.53 bits per heavy atom. The molecule has 1 saturated carbocycles. The van der Waals surface area contributed by atoms with E-state index in [0.29, 0.717) is 24.0 Å². The molecule has 11 nitrogen and oxygen atoms in total. The van der Waals surface area contributed by atoms with Crippen molar-refractivity contribution in [2.24, 2.45) is 17.6 Å². The number of likely N-dealkylation sites (N-methyl/N-ethyl adjacent to an activating group) is 1. The topological polar surface area (TPSA) is 177 Å². The zero-order valence-electron chi connectivity index (χ0n) is 21.7. The molecule has 0 heterocycles. The fourth-order valence-corrected chi connectivity index (χ4v) is 6.03. The molecule has 0 spiro atoms. The highest BCUT2D eigenvalue weighted by atomic mass is 16.5. The van der Waals surface area contributed by atoms with Gasteiger partial charge in [0.15, 0.2) is 17.7 Å². The molecular formula is C27H32N2O9. The number of ether oxygens (including phenoxy) is 2. The molecule has 4 atom stereocenters. The first-order valence-corrected chi connectivity index (χ1v) is 12.4. The minimum atomic E-state index is -2.68. The number of amides is 1. The largest absolute Gasteiger partial charge is 0.508 e. The predicted molar refractivity (Wildman–Crippen MR) is 135 cm³/mol. The zero-order valence-corrected chi connectivity index (χ0v) is 21.7. The van der Waals surface area contributed by atoms with Gasteiger partial charge in [-0.1, -0.05) is 13.3 Å². The fraction of sp³-hybridized carbons (Fsp3) is 0.481. The van der Waals surface area contributed by atoms with Gasteiger partial charge in [0.25, 0.3) is 5.91 Å². The summed E-state index contributed by atoms with van der Waals surface area (Å²) in [5, 5.41) is 34.2. The summed E-state index contributed by atoms with van der Waals surface area (Å²) < 4.78 is 11.4. The number of unbranched alkanes of at least 4 members (excludes halogenated alkanes) is 1. The Kier molecular flexibility index (Phi) is 7.11. The van der Waals surface area contributed by atoms with E-state index in [4.69, 9.17) is 15.2 Å². The number of aliphatic hydroxyl groups is 3. The maximum atomic E-state index is 14.0. The maximum absolute atomic E-state index is 14.0. The Bertz CT molecular complexity index is 1300. The van der Waals surface area contributed by atoms with Gasteiger partial charge in [0.1, 0.15) is 28.6 Å². The number of nitrogens with zero attached hydrogens (tertiary/aromatic N) is 1. The van der Waals surface area contributed by atoms with Crippen LogP contribution in [0.4, 0.5) is 0 Å². The number of Topliss-reactive ketones (excluding diaryl/α,β-unsaturated/α-hetero) is 2. The smallest absolute Gasteiger partial charge is 0.255 e. The standard InChI is InChI=1S/C27H32N2O9/c1-5-6-7-38-23-13(11-30)10-16(37-4)14-8-12-9-15-20(29(2)3)22(32)19(26(28)35)25(34)27(15,36)24(33)17(12)21(31)18(14)23/h10-12,15,20,31,34,36H,5-9H2,1-4H3,(H2,28,35)/t12-,15-,20-,27-/m0/s1. The number of primary amides is 1. The van der Waals surface area contributed by atoms with Gasteiger partial charge in [0.2, 0.25) is 5.78 Å². The van der Waals surface area contributed by atoms with Gasteiger partial charge in [-0.2, -0.15) is 0 Å². The van der Waals surface area contributed by atoms with E-state index in [1.165, 1.54) is 18.1 Å². The molecular weight excluding hydrogens is 496 g/mol. The van der Waals surface area contributed by atoms with Crippen LogP contribution in [0.1, 0.15) is 47.7 Å². The Hall–Kier alpha value is -3.70. The van der Waals surface area contributed by atoms with E-state index in [-0.39, 0.29) is 41.9 Å². The lowest BCUT2D eigenvalue weighted by Gasteiger charge is -2.50. The van der Waals surface area contributed by atoms with Gasteiger partial charge in [-0.05, 0) is 45.3 Å². The van der Waals surface area contributed by atoms with Gasteiger partial charge in [-0.3, -0.25) is 24.1 Å². The molecule has 38 heavy (non-hydrogen) atoms. The molecule has 4 rings (SSSR count). The molecule has 1 aromatic rings. The van der Waals surface area contributed by atoms with E-state index in [9.17, 15) is 34.5 Å². The third kappa shape index (κ3) is 3.80. The van der Waals surface area contributed by atoms with Crippen LogP contribution in [0.5, 0.6) is 11.5 Å². The number of ketones is 2. The first kappa shape index (κ1) is 27.3. The molecule has 5 N–H and O–H groups in total. The van der Waals surface area contributed by atoms with E-state index in [1.807, 2.05) is 6.92 Å². The van der Waals surface area contributed by atoms with Crippen LogP contribution in [0.25, 0.3) is 5.76 Å². The van der Waals surface area contributed by atoms with Crippen LogP contribution in [0.15, 0.2) is 23.0 Å². The molecule has 0 bridgehead atoms. The highest BCUT2D eigenvalue weighted by Crippen LogP contribution is 2.54. The van der Waals surface area contributed by atoms with Gasteiger partial charge in [-0.15, -0.1) is 0 Å². The SMILES string of the molecule is CCCCOc1c(C=O)cc(OC)c2c1C(O)=C1C(=O)[C@]3(O)C(O)=C(C(N)=O)C(=O)[C@@H](N(C)C)[C@@H]3C[C@@H]1C2. The average Bonchev–Trinajstić information content (AvgIpc) is 2.85. The summed E-state index contributed by atoms with van der Waals surface area (Å²) in [6.45, 7) is 2.21. The second-order valence-corrected chi connectivity index (χ2v) is 10.1. The van der Waals surface area contributed by atoms with Crippen molar-refractivity contribution in [1.82, 2.24) is 4.90 Å². The first-order chi connectivity index (χ1) is 17.9. The number of nitrogens with two attached hydrogens (primary N) is 1. The van der Waals surface area contributed by atoms with Gasteiger partial charge in [0, 0.05) is 17.1 Å². The van der Waals surface area contributed by atoms with Gasteiger partial charge in [-0.25, -0.2) is 0 Å². The van der Waals surface area contributed by atoms with Gasteiger partial charge < -0.3 is 30.5 Å². The zero-order chi connectivity index (χ0) is 28.1. The van der Waals surface area contributed by atoms with E-state index < -0.39 is 58.0 Å². The minimum absolute atomic E-state index is 0.0103. The molecule has 0 aromatic heterocycles. The predicted octanol–water partition coefficient (Wildman–Crippen LogP) is 1.26. The Balaban J connectivity index is 1.98. The van der Waals surface area contributed by atoms with Crippen molar-refractivity contribution in [3.8, 4) is 11.5 Å². The third-order valence-electron chi connectivity index (χ3n) is 7.78. The highest BCUT2D eigenvalue weighted by Gasteiger charge is 2.64. The molecule has 0 aliphatic heterocycles. The van der Waals surface area contributed by atoms with Crippen LogP contribution < -0.4 is 15.2 Å². The number of methoxy groups -OCH3 is 1. The van der Waals surface area contributed by atoms with Crippen molar-refractivity contribution in [2.45, 2.75) is 44.2 Å². The lowest BCUT2D eigenvalue weighted by atomic mass is 9.57. The summed E-state index contributed by atoms with van der Waals surface area (Å²) >= 11 is 0. The highest BCUT2D eigenvalue weighted by molar-refractivity contribution is 6.24. The summed E-state index contributed by atoms with van der Waals surface area (Å²) in [5.41, 5.74) is 2.35. The molecule has 3 aliphatic carbocycles. The van der Waals surface area contributed by atoms with Crippen molar-refractivity contribution < 1.29 is 44.0 Å². The summed E-state index contributed by atoms with van der Waals surface area (Å²) in [6.07, 6.45) is 2.23. The number of aldehydes is 1. The fourth-order valence-electron chi connectivity index (χ4n) is 6.03. The molecule has 0 unspecified atom stereocenters. The van der Waals surface area contributed by atoms with Crippen molar-refractivity contribution in [3.63, 3.8) is 0 Å². The van der Waals surface area contributed by atoms with Crippen LogP contribution in [0, 0.1) is 11.8 Å². The summed E-state index contributed by atoms with van der Waals surface area (Å²) in [5.74, 6) is -6.17. The van der Waals surface area contributed by atoms with Crippen LogP contribution in [0.3, 0.4) is 0 Å².